The van der Waals surface area contributed by atoms with Gasteiger partial charge in [-0.05, 0) is 44.0 Å². The van der Waals surface area contributed by atoms with Crippen LogP contribution in [0.25, 0.3) is 0 Å². The molecule has 1 aliphatic heterocycles. The van der Waals surface area contributed by atoms with Crippen molar-refractivity contribution in [2.45, 2.75) is 20.8 Å². The molecule has 0 saturated carbocycles. The normalized spacial score (nSPS) is 14.9. The molecule has 0 radical (unpaired) electrons. The molecular weight excluding hydrogens is 288 g/mol. The van der Waals surface area contributed by atoms with Crippen LogP contribution in [0.5, 0.6) is 0 Å². The molecule has 3 heterocycles. The van der Waals surface area contributed by atoms with Gasteiger partial charge in [-0.1, -0.05) is 6.07 Å². The van der Waals surface area contributed by atoms with Crippen LogP contribution in [0.15, 0.2) is 30.6 Å². The number of aryl methyl sites for hydroxylation is 3. The lowest BCUT2D eigenvalue weighted by Crippen LogP contribution is -2.49. The van der Waals surface area contributed by atoms with E-state index < -0.39 is 0 Å². The average molecular weight is 310 g/mol. The smallest absolute Gasteiger partial charge is 0.255 e. The third-order valence-electron chi connectivity index (χ3n) is 4.29. The molecule has 0 aliphatic carbocycles. The molecule has 120 valence electrons. The molecule has 0 aromatic carbocycles. The van der Waals surface area contributed by atoms with Gasteiger partial charge in [0.25, 0.3) is 5.91 Å². The highest BCUT2D eigenvalue weighted by molar-refractivity contribution is 5.95. The van der Waals surface area contributed by atoms with Crippen molar-refractivity contribution in [1.82, 2.24) is 14.9 Å². The Hall–Kier alpha value is -2.43. The van der Waals surface area contributed by atoms with E-state index in [2.05, 4.69) is 34.8 Å². The molecule has 23 heavy (non-hydrogen) atoms. The highest BCUT2D eigenvalue weighted by Crippen LogP contribution is 2.20. The van der Waals surface area contributed by atoms with Gasteiger partial charge in [0.1, 0.15) is 5.82 Å². The number of amides is 1. The first-order chi connectivity index (χ1) is 11.1. The molecule has 5 heteroatoms. The summed E-state index contributed by atoms with van der Waals surface area (Å²) in [5.74, 6) is 1.10. The van der Waals surface area contributed by atoms with E-state index in [4.69, 9.17) is 0 Å². The molecule has 0 N–H and O–H groups in total. The van der Waals surface area contributed by atoms with E-state index in [9.17, 15) is 4.79 Å². The molecule has 3 rings (SSSR count). The second-order valence-electron chi connectivity index (χ2n) is 6.07. The molecule has 2 aromatic heterocycles. The fraction of sp³-hybridized carbons (Fsp3) is 0.389. The Kier molecular flexibility index (Phi) is 4.28. The van der Waals surface area contributed by atoms with E-state index in [1.165, 1.54) is 11.1 Å². The maximum Gasteiger partial charge on any atom is 0.255 e. The van der Waals surface area contributed by atoms with Gasteiger partial charge < -0.3 is 9.80 Å². The number of nitrogens with zero attached hydrogens (tertiary/aromatic N) is 4. The second kappa shape index (κ2) is 6.36. The van der Waals surface area contributed by atoms with Gasteiger partial charge in [0.15, 0.2) is 0 Å². The Balaban J connectivity index is 1.69. The number of hydrogen-bond acceptors (Lipinski definition) is 4. The molecule has 0 spiro atoms. The van der Waals surface area contributed by atoms with E-state index in [1.54, 1.807) is 6.20 Å². The summed E-state index contributed by atoms with van der Waals surface area (Å²) in [5, 5.41) is 0. The largest absolute Gasteiger partial charge is 0.353 e. The van der Waals surface area contributed by atoms with Crippen molar-refractivity contribution in [3.63, 3.8) is 0 Å². The van der Waals surface area contributed by atoms with E-state index in [0.29, 0.717) is 18.7 Å². The van der Waals surface area contributed by atoms with Gasteiger partial charge in [0.2, 0.25) is 0 Å². The van der Waals surface area contributed by atoms with Crippen molar-refractivity contribution in [1.29, 1.82) is 0 Å². The Bertz CT molecular complexity index is 721. The fourth-order valence-corrected chi connectivity index (χ4v) is 3.04. The summed E-state index contributed by atoms with van der Waals surface area (Å²) in [7, 11) is 0. The monoisotopic (exact) mass is 310 g/mol. The number of carbonyl (C=O) groups excluding carboxylic acids is 1. The zero-order valence-electron chi connectivity index (χ0n) is 13.9. The summed E-state index contributed by atoms with van der Waals surface area (Å²) in [6, 6.07) is 5.82. The van der Waals surface area contributed by atoms with Crippen molar-refractivity contribution in [2.75, 3.05) is 31.1 Å². The van der Waals surface area contributed by atoms with Gasteiger partial charge in [-0.25, -0.2) is 4.98 Å². The first kappa shape index (κ1) is 15.5. The summed E-state index contributed by atoms with van der Waals surface area (Å²) < 4.78 is 0. The number of rotatable bonds is 2. The van der Waals surface area contributed by atoms with Crippen LogP contribution in [-0.4, -0.2) is 47.0 Å². The summed E-state index contributed by atoms with van der Waals surface area (Å²) in [6.45, 7) is 9.06. The predicted octanol–water partition coefficient (Wildman–Crippen LogP) is 2.36. The Morgan fingerprint density at radius 3 is 2.48 bits per heavy atom. The Morgan fingerprint density at radius 2 is 1.83 bits per heavy atom. The lowest BCUT2D eigenvalue weighted by molar-refractivity contribution is 0.0745. The first-order valence-corrected chi connectivity index (χ1v) is 7.95. The van der Waals surface area contributed by atoms with Crippen LogP contribution < -0.4 is 4.90 Å². The van der Waals surface area contributed by atoms with E-state index in [-0.39, 0.29) is 5.91 Å². The lowest BCUT2D eigenvalue weighted by atomic mass is 10.1. The third kappa shape index (κ3) is 3.18. The van der Waals surface area contributed by atoms with Gasteiger partial charge in [-0.15, -0.1) is 0 Å². The van der Waals surface area contributed by atoms with Crippen molar-refractivity contribution in [3.05, 3.63) is 53.0 Å². The molecule has 1 fully saturated rings. The Labute approximate surface area is 137 Å². The van der Waals surface area contributed by atoms with Crippen LogP contribution in [0, 0.1) is 20.8 Å². The van der Waals surface area contributed by atoms with Crippen LogP contribution in [0.1, 0.15) is 27.2 Å². The predicted molar refractivity (Wildman–Crippen MR) is 90.8 cm³/mol. The number of aromatic nitrogens is 2. The molecule has 0 atom stereocenters. The zero-order valence-corrected chi connectivity index (χ0v) is 13.9. The lowest BCUT2D eigenvalue weighted by Gasteiger charge is -2.36. The number of carbonyl (C=O) groups is 1. The highest BCUT2D eigenvalue weighted by atomic mass is 16.2. The van der Waals surface area contributed by atoms with Crippen molar-refractivity contribution in [2.24, 2.45) is 0 Å². The van der Waals surface area contributed by atoms with Gasteiger partial charge in [-0.3, -0.25) is 9.78 Å². The molecule has 2 aromatic rings. The van der Waals surface area contributed by atoms with Gasteiger partial charge in [-0.2, -0.15) is 0 Å². The summed E-state index contributed by atoms with van der Waals surface area (Å²) in [4.78, 5) is 25.6. The van der Waals surface area contributed by atoms with Crippen LogP contribution in [0.4, 0.5) is 5.82 Å². The van der Waals surface area contributed by atoms with Crippen LogP contribution >= 0.6 is 0 Å². The molecule has 1 aliphatic rings. The standard InChI is InChI=1S/C18H22N4O/c1-13-11-14(2)17(20-12-13)21-7-9-22(10-8-21)18(23)16-5-4-6-19-15(16)3/h4-6,11-12H,7-10H2,1-3H3. The van der Waals surface area contributed by atoms with Crippen molar-refractivity contribution in [3.8, 4) is 0 Å². The Morgan fingerprint density at radius 1 is 1.09 bits per heavy atom. The van der Waals surface area contributed by atoms with E-state index >= 15 is 0 Å². The summed E-state index contributed by atoms with van der Waals surface area (Å²) in [5.41, 5.74) is 3.85. The van der Waals surface area contributed by atoms with Gasteiger partial charge >= 0.3 is 0 Å². The quantitative estimate of drug-likeness (QED) is 0.854. The summed E-state index contributed by atoms with van der Waals surface area (Å²) in [6.07, 6.45) is 3.62. The zero-order chi connectivity index (χ0) is 16.4. The fourth-order valence-electron chi connectivity index (χ4n) is 3.04. The minimum atomic E-state index is 0.0730. The number of piperazine rings is 1. The first-order valence-electron chi connectivity index (χ1n) is 7.95. The molecule has 0 bridgehead atoms. The van der Waals surface area contributed by atoms with E-state index in [0.717, 1.165) is 24.6 Å². The van der Waals surface area contributed by atoms with Crippen LogP contribution in [-0.2, 0) is 0 Å². The number of hydrogen-bond donors (Lipinski definition) is 0. The number of pyridine rings is 2. The molecule has 1 amide bonds. The SMILES string of the molecule is Cc1cnc(N2CCN(C(=O)c3cccnc3C)CC2)c(C)c1. The third-order valence-corrected chi connectivity index (χ3v) is 4.29. The minimum absolute atomic E-state index is 0.0730. The molecule has 0 unspecified atom stereocenters. The van der Waals surface area contributed by atoms with Gasteiger partial charge in [0.05, 0.1) is 5.56 Å². The minimum Gasteiger partial charge on any atom is -0.353 e. The molecular formula is C18H22N4O. The molecule has 5 nitrogen and oxygen atoms in total. The summed E-state index contributed by atoms with van der Waals surface area (Å²) >= 11 is 0. The van der Waals surface area contributed by atoms with Gasteiger partial charge in [0, 0.05) is 44.3 Å². The average Bonchev–Trinajstić information content (AvgIpc) is 2.55. The highest BCUT2D eigenvalue weighted by Gasteiger charge is 2.24. The van der Waals surface area contributed by atoms with E-state index in [1.807, 2.05) is 30.2 Å². The van der Waals surface area contributed by atoms with Crippen molar-refractivity contribution < 1.29 is 4.79 Å². The topological polar surface area (TPSA) is 49.3 Å². The van der Waals surface area contributed by atoms with Crippen molar-refractivity contribution >= 4 is 11.7 Å². The second-order valence-corrected chi connectivity index (χ2v) is 6.07. The number of anilines is 1. The maximum atomic E-state index is 12.6. The molecule has 1 saturated heterocycles. The maximum absolute atomic E-state index is 12.6. The van der Waals surface area contributed by atoms with Crippen LogP contribution in [0.3, 0.4) is 0 Å². The van der Waals surface area contributed by atoms with Crippen LogP contribution in [0.2, 0.25) is 0 Å².